The summed E-state index contributed by atoms with van der Waals surface area (Å²) in [5, 5.41) is 13.0. The largest absolute Gasteiger partial charge is 0.469 e. The third-order valence-corrected chi connectivity index (χ3v) is 4.60. The lowest BCUT2D eigenvalue weighted by atomic mass is 9.74. The van der Waals surface area contributed by atoms with Crippen LogP contribution in [-0.2, 0) is 6.42 Å². The smallest absolute Gasteiger partial charge is 0.109 e. The van der Waals surface area contributed by atoms with E-state index >= 15 is 0 Å². The van der Waals surface area contributed by atoms with E-state index < -0.39 is 0 Å². The van der Waals surface area contributed by atoms with E-state index in [0.717, 1.165) is 30.9 Å². The SMILES string of the molecule is CC1(C)Cc2occc2C(NC(CCO)C2CC2)C1. The zero-order valence-corrected chi connectivity index (χ0v) is 12.0. The third-order valence-electron chi connectivity index (χ3n) is 4.60. The second kappa shape index (κ2) is 4.95. The van der Waals surface area contributed by atoms with E-state index in [1.165, 1.54) is 18.4 Å². The van der Waals surface area contributed by atoms with Gasteiger partial charge in [0.2, 0.25) is 0 Å². The number of aliphatic hydroxyl groups is 1. The lowest BCUT2D eigenvalue weighted by Crippen LogP contribution is -2.40. The number of aliphatic hydroxyl groups excluding tert-OH is 1. The monoisotopic (exact) mass is 263 g/mol. The molecule has 1 saturated carbocycles. The van der Waals surface area contributed by atoms with E-state index in [1.807, 2.05) is 6.26 Å². The molecule has 1 aromatic heterocycles. The highest BCUT2D eigenvalue weighted by atomic mass is 16.3. The highest BCUT2D eigenvalue weighted by Crippen LogP contribution is 2.43. The Morgan fingerprint density at radius 2 is 2.26 bits per heavy atom. The highest BCUT2D eigenvalue weighted by molar-refractivity contribution is 5.26. The number of hydrogen-bond acceptors (Lipinski definition) is 3. The Hall–Kier alpha value is -0.800. The van der Waals surface area contributed by atoms with Crippen molar-refractivity contribution in [1.29, 1.82) is 0 Å². The number of furan rings is 1. The molecule has 2 aliphatic rings. The molecule has 1 fully saturated rings. The summed E-state index contributed by atoms with van der Waals surface area (Å²) in [5.41, 5.74) is 1.62. The molecule has 3 heteroatoms. The number of hydrogen-bond donors (Lipinski definition) is 2. The molecule has 2 atom stereocenters. The summed E-state index contributed by atoms with van der Waals surface area (Å²) in [6, 6.07) is 2.96. The van der Waals surface area contributed by atoms with E-state index in [4.69, 9.17) is 4.42 Å². The van der Waals surface area contributed by atoms with Gasteiger partial charge in [-0.15, -0.1) is 0 Å². The average molecular weight is 263 g/mol. The van der Waals surface area contributed by atoms with Crippen molar-refractivity contribution in [2.24, 2.45) is 11.3 Å². The van der Waals surface area contributed by atoms with E-state index in [9.17, 15) is 5.11 Å². The molecule has 1 aromatic rings. The topological polar surface area (TPSA) is 45.4 Å². The van der Waals surface area contributed by atoms with E-state index in [2.05, 4.69) is 25.2 Å². The van der Waals surface area contributed by atoms with E-state index in [0.29, 0.717) is 12.1 Å². The first-order valence-corrected chi connectivity index (χ1v) is 7.52. The van der Waals surface area contributed by atoms with Gasteiger partial charge >= 0.3 is 0 Å². The van der Waals surface area contributed by atoms with Gasteiger partial charge in [0.05, 0.1) is 6.26 Å². The fraction of sp³-hybridized carbons (Fsp3) is 0.750. The molecule has 106 valence electrons. The fourth-order valence-electron chi connectivity index (χ4n) is 3.47. The van der Waals surface area contributed by atoms with Gasteiger partial charge in [-0.3, -0.25) is 0 Å². The molecule has 3 nitrogen and oxygen atoms in total. The molecule has 0 aliphatic heterocycles. The Kier molecular flexibility index (Phi) is 3.44. The first kappa shape index (κ1) is 13.2. The summed E-state index contributed by atoms with van der Waals surface area (Å²) in [5.74, 6) is 1.92. The summed E-state index contributed by atoms with van der Waals surface area (Å²) < 4.78 is 5.65. The van der Waals surface area contributed by atoms with Gasteiger partial charge in [0, 0.05) is 30.7 Å². The minimum absolute atomic E-state index is 0.280. The lowest BCUT2D eigenvalue weighted by molar-refractivity contribution is 0.202. The molecule has 0 radical (unpaired) electrons. The van der Waals surface area contributed by atoms with Gasteiger partial charge < -0.3 is 14.8 Å². The predicted molar refractivity (Wildman–Crippen MR) is 74.9 cm³/mol. The second-order valence-electron chi connectivity index (χ2n) is 7.02. The van der Waals surface area contributed by atoms with Crippen LogP contribution in [0, 0.1) is 11.3 Å². The van der Waals surface area contributed by atoms with Crippen molar-refractivity contribution >= 4 is 0 Å². The van der Waals surface area contributed by atoms with Crippen molar-refractivity contribution in [2.45, 2.75) is 58.0 Å². The minimum Gasteiger partial charge on any atom is -0.469 e. The zero-order chi connectivity index (χ0) is 13.5. The van der Waals surface area contributed by atoms with Crippen molar-refractivity contribution in [3.63, 3.8) is 0 Å². The lowest BCUT2D eigenvalue weighted by Gasteiger charge is -2.37. The van der Waals surface area contributed by atoms with Gasteiger partial charge in [-0.25, -0.2) is 0 Å². The fourth-order valence-corrected chi connectivity index (χ4v) is 3.47. The molecule has 3 rings (SSSR count). The number of rotatable bonds is 5. The standard InChI is InChI=1S/C16H25NO2/c1-16(2)9-14(12-6-8-19-15(12)10-16)17-13(5-7-18)11-3-4-11/h6,8,11,13-14,17-18H,3-5,7,9-10H2,1-2H3. The Balaban J connectivity index is 1.76. The van der Waals surface area contributed by atoms with Crippen LogP contribution < -0.4 is 5.32 Å². The summed E-state index contributed by atoms with van der Waals surface area (Å²) in [4.78, 5) is 0. The van der Waals surface area contributed by atoms with Crippen LogP contribution in [0.4, 0.5) is 0 Å². The van der Waals surface area contributed by atoms with Gasteiger partial charge in [0.1, 0.15) is 5.76 Å². The van der Waals surface area contributed by atoms with Gasteiger partial charge in [0.25, 0.3) is 0 Å². The molecule has 2 N–H and O–H groups in total. The van der Waals surface area contributed by atoms with Crippen LogP contribution in [0.5, 0.6) is 0 Å². The van der Waals surface area contributed by atoms with Gasteiger partial charge in [-0.05, 0) is 43.1 Å². The van der Waals surface area contributed by atoms with Crippen LogP contribution in [0.25, 0.3) is 0 Å². The summed E-state index contributed by atoms with van der Waals surface area (Å²) in [6.45, 7) is 4.90. The Bertz CT molecular complexity index is 434. The predicted octanol–water partition coefficient (Wildman–Crippen LogP) is 3.04. The Labute approximate surface area is 115 Å². The molecule has 1 heterocycles. The Morgan fingerprint density at radius 1 is 1.47 bits per heavy atom. The van der Waals surface area contributed by atoms with Crippen molar-refractivity contribution in [3.05, 3.63) is 23.7 Å². The molecule has 0 amide bonds. The van der Waals surface area contributed by atoms with Crippen LogP contribution in [0.15, 0.2) is 16.7 Å². The first-order chi connectivity index (χ1) is 9.09. The molecule has 2 unspecified atom stereocenters. The van der Waals surface area contributed by atoms with Gasteiger partial charge in [-0.1, -0.05) is 13.8 Å². The maximum atomic E-state index is 9.24. The molecule has 0 bridgehead atoms. The molecular weight excluding hydrogens is 238 g/mol. The van der Waals surface area contributed by atoms with Crippen LogP contribution in [0.2, 0.25) is 0 Å². The van der Waals surface area contributed by atoms with Crippen LogP contribution in [-0.4, -0.2) is 17.8 Å². The normalized spacial score (nSPS) is 27.0. The number of nitrogens with one attached hydrogen (secondary N) is 1. The van der Waals surface area contributed by atoms with E-state index in [-0.39, 0.29) is 12.0 Å². The zero-order valence-electron chi connectivity index (χ0n) is 12.0. The Morgan fingerprint density at radius 3 is 2.95 bits per heavy atom. The van der Waals surface area contributed by atoms with Crippen molar-refractivity contribution < 1.29 is 9.52 Å². The van der Waals surface area contributed by atoms with Gasteiger partial charge in [-0.2, -0.15) is 0 Å². The molecule has 19 heavy (non-hydrogen) atoms. The molecule has 0 saturated heterocycles. The quantitative estimate of drug-likeness (QED) is 0.858. The average Bonchev–Trinajstić information content (AvgIpc) is 3.07. The first-order valence-electron chi connectivity index (χ1n) is 7.52. The van der Waals surface area contributed by atoms with Gasteiger partial charge in [0.15, 0.2) is 0 Å². The number of fused-ring (bicyclic) bond motifs is 1. The van der Waals surface area contributed by atoms with E-state index in [1.54, 1.807) is 0 Å². The second-order valence-corrected chi connectivity index (χ2v) is 7.02. The summed E-state index contributed by atoms with van der Waals surface area (Å²) in [7, 11) is 0. The van der Waals surface area contributed by atoms with Crippen LogP contribution >= 0.6 is 0 Å². The minimum atomic E-state index is 0.280. The van der Waals surface area contributed by atoms with Crippen molar-refractivity contribution in [2.75, 3.05) is 6.61 Å². The molecule has 0 aromatic carbocycles. The van der Waals surface area contributed by atoms with Crippen LogP contribution in [0.3, 0.4) is 0 Å². The van der Waals surface area contributed by atoms with Crippen molar-refractivity contribution in [1.82, 2.24) is 5.32 Å². The molecule has 0 spiro atoms. The van der Waals surface area contributed by atoms with Crippen molar-refractivity contribution in [3.8, 4) is 0 Å². The molecule has 2 aliphatic carbocycles. The maximum Gasteiger partial charge on any atom is 0.109 e. The van der Waals surface area contributed by atoms with Crippen LogP contribution in [0.1, 0.15) is 56.9 Å². The third kappa shape index (κ3) is 2.87. The maximum absolute atomic E-state index is 9.24. The summed E-state index contributed by atoms with van der Waals surface area (Å²) in [6.07, 6.45) is 7.49. The highest BCUT2D eigenvalue weighted by Gasteiger charge is 2.38. The molecular formula is C16H25NO2. The summed E-state index contributed by atoms with van der Waals surface area (Å²) >= 11 is 0.